The minimum absolute atomic E-state index is 0.0258. The van der Waals surface area contributed by atoms with Crippen molar-refractivity contribution in [1.82, 2.24) is 0 Å². The van der Waals surface area contributed by atoms with Gasteiger partial charge >= 0.3 is 12.1 Å². The third-order valence-electron chi connectivity index (χ3n) is 3.79. The Morgan fingerprint density at radius 3 is 2.54 bits per heavy atom. The molecule has 0 aromatic heterocycles. The average Bonchev–Trinajstić information content (AvgIpc) is 2.57. The van der Waals surface area contributed by atoms with E-state index < -0.39 is 23.8 Å². The molecule has 0 amide bonds. The number of carboxylic acids is 1. The predicted molar refractivity (Wildman–Crippen MR) is 88.8 cm³/mol. The Morgan fingerprint density at radius 2 is 1.92 bits per heavy atom. The fraction of sp³-hybridized carbons (Fsp3) is 0.167. The first-order chi connectivity index (χ1) is 12.2. The van der Waals surface area contributed by atoms with Crippen molar-refractivity contribution in [1.29, 1.82) is 0 Å². The maximum atomic E-state index is 13.1. The standard InChI is InChI=1S/C18H12ClF3O4/c1-9-4-2-3-5-13(9)25-15-10-8-11(17(23)24)16(18(20,21)22)26-14(10)7-6-12(15)19/h2-8,16H,1H3,(H,23,24). The van der Waals surface area contributed by atoms with E-state index in [0.717, 1.165) is 11.6 Å². The molecule has 0 fully saturated rings. The Balaban J connectivity index is 2.13. The summed E-state index contributed by atoms with van der Waals surface area (Å²) >= 11 is 6.14. The molecule has 8 heteroatoms. The third-order valence-corrected chi connectivity index (χ3v) is 4.08. The topological polar surface area (TPSA) is 55.8 Å². The van der Waals surface area contributed by atoms with E-state index in [9.17, 15) is 18.0 Å². The Kier molecular flexibility index (Phi) is 4.58. The van der Waals surface area contributed by atoms with Crippen LogP contribution in [0.25, 0.3) is 6.08 Å². The molecular formula is C18H12ClF3O4. The molecule has 0 aliphatic carbocycles. The van der Waals surface area contributed by atoms with Gasteiger partial charge in [0.2, 0.25) is 6.10 Å². The summed E-state index contributed by atoms with van der Waals surface area (Å²) in [6.45, 7) is 1.79. The molecule has 0 saturated carbocycles. The summed E-state index contributed by atoms with van der Waals surface area (Å²) in [7, 11) is 0. The zero-order chi connectivity index (χ0) is 19.1. The molecule has 1 atom stereocenters. The van der Waals surface area contributed by atoms with E-state index in [2.05, 4.69) is 0 Å². The van der Waals surface area contributed by atoms with Gasteiger partial charge in [-0.1, -0.05) is 29.8 Å². The van der Waals surface area contributed by atoms with Gasteiger partial charge in [-0.3, -0.25) is 0 Å². The van der Waals surface area contributed by atoms with Crippen LogP contribution in [0.5, 0.6) is 17.2 Å². The molecule has 3 rings (SSSR count). The van der Waals surface area contributed by atoms with Crippen LogP contribution in [0.15, 0.2) is 42.0 Å². The number of para-hydroxylation sites is 1. The van der Waals surface area contributed by atoms with Crippen LogP contribution in [0.2, 0.25) is 5.02 Å². The summed E-state index contributed by atoms with van der Waals surface area (Å²) in [5, 5.41) is 9.28. The van der Waals surface area contributed by atoms with E-state index in [0.29, 0.717) is 5.75 Å². The van der Waals surface area contributed by atoms with Gasteiger partial charge in [-0.2, -0.15) is 13.2 Å². The lowest BCUT2D eigenvalue weighted by molar-refractivity contribution is -0.187. The van der Waals surface area contributed by atoms with E-state index in [-0.39, 0.29) is 22.1 Å². The first-order valence-electron chi connectivity index (χ1n) is 7.42. The highest BCUT2D eigenvalue weighted by Crippen LogP contribution is 2.45. The van der Waals surface area contributed by atoms with Crippen molar-refractivity contribution < 1.29 is 32.5 Å². The Hall–Kier alpha value is -2.67. The molecule has 2 aromatic carbocycles. The molecule has 1 N–H and O–H groups in total. The van der Waals surface area contributed by atoms with Crippen molar-refractivity contribution in [2.24, 2.45) is 0 Å². The summed E-state index contributed by atoms with van der Waals surface area (Å²) in [6, 6.07) is 9.55. The molecular weight excluding hydrogens is 373 g/mol. The van der Waals surface area contributed by atoms with Crippen molar-refractivity contribution in [3.63, 3.8) is 0 Å². The number of alkyl halides is 3. The molecule has 1 aliphatic heterocycles. The molecule has 26 heavy (non-hydrogen) atoms. The van der Waals surface area contributed by atoms with Gasteiger partial charge in [0, 0.05) is 0 Å². The number of carboxylic acid groups (broad SMARTS) is 1. The van der Waals surface area contributed by atoms with Crippen molar-refractivity contribution >= 4 is 23.6 Å². The van der Waals surface area contributed by atoms with Gasteiger partial charge in [0.25, 0.3) is 0 Å². The van der Waals surface area contributed by atoms with Crippen LogP contribution in [0.1, 0.15) is 11.1 Å². The molecule has 1 heterocycles. The largest absolute Gasteiger partial charge is 0.478 e. The van der Waals surface area contributed by atoms with Gasteiger partial charge in [-0.15, -0.1) is 0 Å². The van der Waals surface area contributed by atoms with Crippen LogP contribution in [-0.2, 0) is 4.79 Å². The Morgan fingerprint density at radius 1 is 1.23 bits per heavy atom. The van der Waals surface area contributed by atoms with Gasteiger partial charge in [0.05, 0.1) is 16.2 Å². The molecule has 136 valence electrons. The monoisotopic (exact) mass is 384 g/mol. The average molecular weight is 385 g/mol. The summed E-state index contributed by atoms with van der Waals surface area (Å²) in [6.07, 6.45) is -6.56. The van der Waals surface area contributed by atoms with Crippen LogP contribution in [0, 0.1) is 6.92 Å². The number of benzene rings is 2. The third kappa shape index (κ3) is 3.35. The smallest absolute Gasteiger partial charge is 0.430 e. The predicted octanol–water partition coefficient (Wildman–Crippen LogP) is 5.23. The molecule has 4 nitrogen and oxygen atoms in total. The molecule has 0 bridgehead atoms. The number of fused-ring (bicyclic) bond motifs is 1. The highest BCUT2D eigenvalue weighted by molar-refractivity contribution is 6.32. The molecule has 0 radical (unpaired) electrons. The zero-order valence-corrected chi connectivity index (χ0v) is 14.1. The molecule has 1 unspecified atom stereocenters. The number of aryl methyl sites for hydroxylation is 1. The van der Waals surface area contributed by atoms with Crippen LogP contribution in [0.4, 0.5) is 13.2 Å². The van der Waals surface area contributed by atoms with E-state index in [4.69, 9.17) is 26.2 Å². The fourth-order valence-corrected chi connectivity index (χ4v) is 2.72. The summed E-state index contributed by atoms with van der Waals surface area (Å²) in [5.74, 6) is -1.44. The van der Waals surface area contributed by atoms with Crippen molar-refractivity contribution in [3.05, 3.63) is 58.1 Å². The van der Waals surface area contributed by atoms with Gasteiger partial charge in [-0.25, -0.2) is 4.79 Å². The zero-order valence-electron chi connectivity index (χ0n) is 13.3. The number of rotatable bonds is 3. The van der Waals surface area contributed by atoms with Crippen LogP contribution in [0.3, 0.4) is 0 Å². The molecule has 2 aromatic rings. The molecule has 0 saturated heterocycles. The lowest BCUT2D eigenvalue weighted by Gasteiger charge is -2.28. The SMILES string of the molecule is Cc1ccccc1Oc1c(Cl)ccc2c1C=C(C(=O)O)C(C(F)(F)F)O2. The second-order valence-corrected chi connectivity index (χ2v) is 6.01. The minimum atomic E-state index is -4.88. The first kappa shape index (κ1) is 18.1. The molecule has 0 spiro atoms. The van der Waals surface area contributed by atoms with Crippen molar-refractivity contribution in [3.8, 4) is 17.2 Å². The number of carbonyl (C=O) groups is 1. The van der Waals surface area contributed by atoms with Crippen molar-refractivity contribution in [2.75, 3.05) is 0 Å². The number of ether oxygens (including phenoxy) is 2. The first-order valence-corrected chi connectivity index (χ1v) is 7.80. The van der Waals surface area contributed by atoms with Crippen LogP contribution < -0.4 is 9.47 Å². The minimum Gasteiger partial charge on any atom is -0.478 e. The highest BCUT2D eigenvalue weighted by Gasteiger charge is 2.48. The second-order valence-electron chi connectivity index (χ2n) is 5.60. The number of hydrogen-bond acceptors (Lipinski definition) is 3. The number of halogens is 4. The fourth-order valence-electron chi connectivity index (χ4n) is 2.52. The van der Waals surface area contributed by atoms with Crippen LogP contribution >= 0.6 is 11.6 Å². The molecule has 1 aliphatic rings. The number of aliphatic carboxylic acids is 1. The van der Waals surface area contributed by atoms with Gasteiger partial charge in [-0.05, 0) is 36.8 Å². The van der Waals surface area contributed by atoms with Gasteiger partial charge in [0.15, 0.2) is 5.75 Å². The normalized spacial score (nSPS) is 16.3. The van der Waals surface area contributed by atoms with E-state index in [1.165, 1.54) is 12.1 Å². The van der Waals surface area contributed by atoms with Gasteiger partial charge in [0.1, 0.15) is 11.5 Å². The Bertz CT molecular complexity index is 906. The summed E-state index contributed by atoms with van der Waals surface area (Å²) in [5.41, 5.74) is -0.131. The lowest BCUT2D eigenvalue weighted by atomic mass is 10.0. The van der Waals surface area contributed by atoms with Crippen LogP contribution in [-0.4, -0.2) is 23.4 Å². The van der Waals surface area contributed by atoms with E-state index in [1.807, 2.05) is 0 Å². The van der Waals surface area contributed by atoms with Crippen molar-refractivity contribution in [2.45, 2.75) is 19.2 Å². The van der Waals surface area contributed by atoms with Gasteiger partial charge < -0.3 is 14.6 Å². The summed E-state index contributed by atoms with van der Waals surface area (Å²) < 4.78 is 50.1. The maximum absolute atomic E-state index is 13.1. The van der Waals surface area contributed by atoms with E-state index >= 15 is 0 Å². The second kappa shape index (κ2) is 6.57. The lowest BCUT2D eigenvalue weighted by Crippen LogP contribution is -2.40. The Labute approximate surface area is 151 Å². The van der Waals surface area contributed by atoms with E-state index in [1.54, 1.807) is 31.2 Å². The quantitative estimate of drug-likeness (QED) is 0.787. The summed E-state index contributed by atoms with van der Waals surface area (Å²) in [4.78, 5) is 11.3. The highest BCUT2D eigenvalue weighted by atomic mass is 35.5. The maximum Gasteiger partial charge on any atom is 0.430 e. The number of hydrogen-bond donors (Lipinski definition) is 1.